The van der Waals surface area contributed by atoms with Crippen LogP contribution in [0.5, 0.6) is 11.5 Å². The van der Waals surface area contributed by atoms with E-state index in [1.165, 1.54) is 5.56 Å². The lowest BCUT2D eigenvalue weighted by atomic mass is 9.78. The summed E-state index contributed by atoms with van der Waals surface area (Å²) in [6.07, 6.45) is -4.29. The topological polar surface area (TPSA) is 129 Å². The van der Waals surface area contributed by atoms with E-state index in [0.717, 1.165) is 30.5 Å². The van der Waals surface area contributed by atoms with Crippen LogP contribution in [0.25, 0.3) is 0 Å². The fourth-order valence-corrected chi connectivity index (χ4v) is 5.46. The fourth-order valence-electron chi connectivity index (χ4n) is 5.46. The summed E-state index contributed by atoms with van der Waals surface area (Å²) in [5, 5.41) is 39.8. The molecule has 5 rings (SSSR count). The molecule has 2 aliphatic heterocycles. The Balaban J connectivity index is 1.32. The zero-order chi connectivity index (χ0) is 28.2. The number of aliphatic hydroxyl groups excluding tert-OH is 4. The third-order valence-corrected chi connectivity index (χ3v) is 7.71. The van der Waals surface area contributed by atoms with Crippen LogP contribution in [0.1, 0.15) is 30.0 Å². The highest BCUT2D eigenvalue weighted by molar-refractivity contribution is 6.03. The molecule has 7 atom stereocenters. The highest BCUT2D eigenvalue weighted by Crippen LogP contribution is 2.46. The second-order valence-corrected chi connectivity index (χ2v) is 10.2. The monoisotopic (exact) mass is 549 g/mol. The molecule has 0 radical (unpaired) electrons. The number of β-lactam (4-membered cyclic amide) rings is 1. The van der Waals surface area contributed by atoms with Crippen LogP contribution in [0.2, 0.25) is 0 Å². The van der Waals surface area contributed by atoms with Crippen LogP contribution in [0.4, 0.5) is 5.69 Å². The molecular formula is C31H35NO8. The Kier molecular flexibility index (Phi) is 8.68. The van der Waals surface area contributed by atoms with Crippen molar-refractivity contribution in [2.24, 2.45) is 5.92 Å². The van der Waals surface area contributed by atoms with Crippen LogP contribution in [0.3, 0.4) is 0 Å². The van der Waals surface area contributed by atoms with Gasteiger partial charge in [-0.2, -0.15) is 0 Å². The quantitative estimate of drug-likeness (QED) is 0.284. The van der Waals surface area contributed by atoms with Crippen molar-refractivity contribution in [2.75, 3.05) is 18.6 Å². The molecule has 2 fully saturated rings. The van der Waals surface area contributed by atoms with Crippen molar-refractivity contribution in [1.82, 2.24) is 0 Å². The van der Waals surface area contributed by atoms with Crippen molar-refractivity contribution in [2.45, 2.75) is 56.0 Å². The maximum atomic E-state index is 13.4. The molecule has 0 bridgehead atoms. The number of rotatable bonds is 10. The van der Waals surface area contributed by atoms with Crippen molar-refractivity contribution in [3.8, 4) is 11.5 Å². The summed E-state index contributed by atoms with van der Waals surface area (Å²) in [5.41, 5.74) is 2.96. The summed E-state index contributed by atoms with van der Waals surface area (Å²) >= 11 is 0. The molecule has 40 heavy (non-hydrogen) atoms. The molecule has 2 aliphatic rings. The van der Waals surface area contributed by atoms with Gasteiger partial charge in [0.2, 0.25) is 12.2 Å². The Morgan fingerprint density at radius 3 is 2.17 bits per heavy atom. The van der Waals surface area contributed by atoms with Crippen LogP contribution in [-0.4, -0.2) is 70.8 Å². The smallest absolute Gasteiger partial charge is 0.233 e. The lowest BCUT2D eigenvalue weighted by Gasteiger charge is -2.48. The Bertz CT molecular complexity index is 1250. The standard InChI is InChI=1S/C31H35NO8/c1-38-22-16-12-21(13-17-22)32-26(24(30(32)37)9-5-8-19-6-3-2-4-7-19)20-10-14-23(15-11-20)39-31-29(36)28(35)27(34)25(18-33)40-31/h2-4,6-7,10-17,24-29,31,33-36H,5,8-9,18H2,1H3/t24-,25-,26-,27-,28+,29-,31-/m1/s1. The van der Waals surface area contributed by atoms with Crippen molar-refractivity contribution in [3.63, 3.8) is 0 Å². The van der Waals surface area contributed by atoms with Gasteiger partial charge in [-0.1, -0.05) is 42.5 Å². The van der Waals surface area contributed by atoms with Gasteiger partial charge in [0.05, 0.1) is 25.7 Å². The number of aliphatic hydroxyl groups is 4. The van der Waals surface area contributed by atoms with Crippen LogP contribution < -0.4 is 14.4 Å². The lowest BCUT2D eigenvalue weighted by Crippen LogP contribution is -2.60. The molecule has 0 aliphatic carbocycles. The first-order chi connectivity index (χ1) is 19.4. The minimum Gasteiger partial charge on any atom is -0.497 e. The van der Waals surface area contributed by atoms with Gasteiger partial charge in [-0.15, -0.1) is 0 Å². The first-order valence-corrected chi connectivity index (χ1v) is 13.5. The number of hydrogen-bond donors (Lipinski definition) is 4. The number of hydrogen-bond acceptors (Lipinski definition) is 8. The van der Waals surface area contributed by atoms with Gasteiger partial charge in [0.1, 0.15) is 35.9 Å². The number of ether oxygens (including phenoxy) is 3. The Morgan fingerprint density at radius 2 is 1.52 bits per heavy atom. The summed E-state index contributed by atoms with van der Waals surface area (Å²) in [6.45, 7) is -0.535. The maximum absolute atomic E-state index is 13.4. The molecule has 4 N–H and O–H groups in total. The predicted molar refractivity (Wildman–Crippen MR) is 147 cm³/mol. The molecule has 9 nitrogen and oxygen atoms in total. The van der Waals surface area contributed by atoms with E-state index in [1.54, 1.807) is 24.1 Å². The summed E-state index contributed by atoms with van der Waals surface area (Å²) in [6, 6.07) is 24.6. The Hall–Kier alpha value is -3.47. The van der Waals surface area contributed by atoms with Crippen molar-refractivity contribution < 1.29 is 39.4 Å². The molecule has 9 heteroatoms. The second-order valence-electron chi connectivity index (χ2n) is 10.2. The Labute approximate surface area is 233 Å². The molecule has 0 saturated carbocycles. The van der Waals surface area contributed by atoms with Crippen LogP contribution in [0.15, 0.2) is 78.9 Å². The van der Waals surface area contributed by atoms with Crippen LogP contribution in [0, 0.1) is 5.92 Å². The lowest BCUT2D eigenvalue weighted by molar-refractivity contribution is -0.277. The predicted octanol–water partition coefficient (Wildman–Crippen LogP) is 2.60. The summed E-state index contributed by atoms with van der Waals surface area (Å²) < 4.78 is 16.5. The zero-order valence-corrected chi connectivity index (χ0v) is 22.2. The van der Waals surface area contributed by atoms with E-state index in [4.69, 9.17) is 14.2 Å². The number of nitrogens with zero attached hydrogens (tertiary/aromatic N) is 1. The number of amides is 1. The Morgan fingerprint density at radius 1 is 0.850 bits per heavy atom. The summed E-state index contributed by atoms with van der Waals surface area (Å²) in [7, 11) is 1.60. The first-order valence-electron chi connectivity index (χ1n) is 13.5. The zero-order valence-electron chi connectivity index (χ0n) is 22.2. The van der Waals surface area contributed by atoms with Gasteiger partial charge >= 0.3 is 0 Å². The largest absolute Gasteiger partial charge is 0.497 e. The number of aryl methyl sites for hydroxylation is 1. The minimum absolute atomic E-state index is 0.0740. The summed E-state index contributed by atoms with van der Waals surface area (Å²) in [5.74, 6) is 0.977. The minimum atomic E-state index is -1.52. The van der Waals surface area contributed by atoms with Gasteiger partial charge in [-0.05, 0) is 66.8 Å². The number of benzene rings is 3. The van der Waals surface area contributed by atoms with Gasteiger partial charge in [-0.25, -0.2) is 0 Å². The SMILES string of the molecule is COc1ccc(N2C(=O)[C@H](CCCc3ccccc3)[C@H]2c2ccc(O[C@@H]3O[C@H](CO)[C@@H](O)[C@H](O)[C@H]3O)cc2)cc1. The molecule has 3 aromatic carbocycles. The van der Waals surface area contributed by atoms with Gasteiger partial charge in [0.15, 0.2) is 0 Å². The molecule has 0 spiro atoms. The number of methoxy groups -OCH3 is 1. The van der Waals surface area contributed by atoms with Crippen LogP contribution >= 0.6 is 0 Å². The third-order valence-electron chi connectivity index (χ3n) is 7.71. The average Bonchev–Trinajstić information content (AvgIpc) is 2.99. The van der Waals surface area contributed by atoms with E-state index in [2.05, 4.69) is 12.1 Å². The molecule has 3 aromatic rings. The van der Waals surface area contributed by atoms with Crippen molar-refractivity contribution in [3.05, 3.63) is 90.0 Å². The molecule has 2 saturated heterocycles. The molecule has 0 unspecified atom stereocenters. The molecular weight excluding hydrogens is 514 g/mol. The van der Waals surface area contributed by atoms with E-state index in [9.17, 15) is 25.2 Å². The van der Waals surface area contributed by atoms with E-state index < -0.39 is 37.3 Å². The van der Waals surface area contributed by atoms with E-state index in [1.807, 2.05) is 54.6 Å². The van der Waals surface area contributed by atoms with Crippen LogP contribution in [-0.2, 0) is 16.0 Å². The van der Waals surface area contributed by atoms with Gasteiger partial charge in [0, 0.05) is 5.69 Å². The molecule has 0 aromatic heterocycles. The summed E-state index contributed by atoms with van der Waals surface area (Å²) in [4.78, 5) is 15.2. The van der Waals surface area contributed by atoms with Gasteiger partial charge in [0.25, 0.3) is 0 Å². The molecule has 1 amide bonds. The van der Waals surface area contributed by atoms with Gasteiger partial charge in [-0.3, -0.25) is 4.79 Å². The number of carbonyl (C=O) groups excluding carboxylic acids is 1. The van der Waals surface area contributed by atoms with E-state index in [-0.39, 0.29) is 17.9 Å². The highest BCUT2D eigenvalue weighted by atomic mass is 16.7. The highest BCUT2D eigenvalue weighted by Gasteiger charge is 2.48. The first kappa shape index (κ1) is 28.1. The van der Waals surface area contributed by atoms with E-state index >= 15 is 0 Å². The average molecular weight is 550 g/mol. The normalized spacial score (nSPS) is 28.2. The number of carbonyl (C=O) groups is 1. The molecule has 212 valence electrons. The maximum Gasteiger partial charge on any atom is 0.233 e. The van der Waals surface area contributed by atoms with Crippen molar-refractivity contribution in [1.29, 1.82) is 0 Å². The second kappa shape index (κ2) is 12.4. The fraction of sp³-hybridized carbons (Fsp3) is 0.387. The van der Waals surface area contributed by atoms with Crippen molar-refractivity contribution >= 4 is 11.6 Å². The molecule has 2 heterocycles. The van der Waals surface area contributed by atoms with E-state index in [0.29, 0.717) is 11.5 Å². The van der Waals surface area contributed by atoms with Gasteiger partial charge < -0.3 is 39.5 Å². The number of anilines is 1. The third kappa shape index (κ3) is 5.70.